The number of piperidine rings is 1. The van der Waals surface area contributed by atoms with Crippen molar-refractivity contribution in [1.29, 1.82) is 0 Å². The fourth-order valence-corrected chi connectivity index (χ4v) is 7.16. The third-order valence-corrected chi connectivity index (χ3v) is 9.32. The van der Waals surface area contributed by atoms with Crippen molar-refractivity contribution in [3.8, 4) is 5.75 Å². The fourth-order valence-electron chi connectivity index (χ4n) is 7.16. The second-order valence-corrected chi connectivity index (χ2v) is 11.2. The van der Waals surface area contributed by atoms with Crippen LogP contribution in [0.1, 0.15) is 60.2 Å². The van der Waals surface area contributed by atoms with Crippen LogP contribution >= 0.6 is 0 Å². The molecule has 1 aliphatic heterocycles. The lowest BCUT2D eigenvalue weighted by molar-refractivity contribution is -0.152. The summed E-state index contributed by atoms with van der Waals surface area (Å²) in [5.41, 5.74) is 5.09. The van der Waals surface area contributed by atoms with E-state index in [4.69, 9.17) is 5.10 Å². The predicted octanol–water partition coefficient (Wildman–Crippen LogP) is 3.12. The summed E-state index contributed by atoms with van der Waals surface area (Å²) in [6.45, 7) is 5.40. The van der Waals surface area contributed by atoms with Gasteiger partial charge in [-0.25, -0.2) is 0 Å². The number of phenolic OH excluding ortho intramolecular Hbond substituents is 1. The Bertz CT molecular complexity index is 1070. The van der Waals surface area contributed by atoms with Gasteiger partial charge in [0.2, 0.25) is 0 Å². The molecule has 2 bridgehead atoms. The SMILES string of the molecule is Cc1c2c(nn1CC1CC1)C[C@]13CCN(CC4CC4)[C@H](Cc4ccc(O)cc41)[C@]3(O)C2. The summed E-state index contributed by atoms with van der Waals surface area (Å²) in [4.78, 5) is 2.61. The van der Waals surface area contributed by atoms with E-state index in [1.165, 1.54) is 53.8 Å². The number of benzene rings is 1. The normalized spacial score (nSPS) is 34.2. The minimum absolute atomic E-state index is 0.151. The first-order valence-electron chi connectivity index (χ1n) is 12.3. The van der Waals surface area contributed by atoms with E-state index in [-0.39, 0.29) is 11.5 Å². The molecule has 5 aliphatic rings. The molecule has 2 N–H and O–H groups in total. The van der Waals surface area contributed by atoms with Crippen LogP contribution in [0.15, 0.2) is 18.2 Å². The molecule has 3 fully saturated rings. The van der Waals surface area contributed by atoms with E-state index in [0.29, 0.717) is 12.2 Å². The lowest BCUT2D eigenvalue weighted by Crippen LogP contribution is -2.74. The van der Waals surface area contributed by atoms with Gasteiger partial charge in [0.1, 0.15) is 5.75 Å². The van der Waals surface area contributed by atoms with Gasteiger partial charge in [0.05, 0.1) is 11.3 Å². The van der Waals surface area contributed by atoms with Crippen LogP contribution < -0.4 is 0 Å². The Morgan fingerprint density at radius 2 is 1.87 bits per heavy atom. The number of phenols is 1. The molecule has 1 aromatic heterocycles. The zero-order valence-electron chi connectivity index (χ0n) is 18.5. The molecule has 0 amide bonds. The van der Waals surface area contributed by atoms with Gasteiger partial charge in [-0.1, -0.05) is 6.07 Å². The molecule has 2 heterocycles. The zero-order valence-corrected chi connectivity index (χ0v) is 18.5. The average molecular weight is 420 g/mol. The molecule has 5 nitrogen and oxygen atoms in total. The first-order valence-corrected chi connectivity index (χ1v) is 12.3. The van der Waals surface area contributed by atoms with Crippen molar-refractivity contribution in [3.63, 3.8) is 0 Å². The lowest BCUT2D eigenvalue weighted by atomic mass is 9.49. The van der Waals surface area contributed by atoms with Gasteiger partial charge >= 0.3 is 0 Å². The standard InChI is InChI=1S/C26H33N3O2/c1-16-21-12-26(31)24-10-19-6-7-20(30)11-22(19)25(26,8-9-28(24)14-17-2-3-17)13-23(21)27-29(16)15-18-4-5-18/h6-7,11,17-18,24,30-31H,2-5,8-10,12-15H2,1H3/t24-,25-,26-/m1/s1. The van der Waals surface area contributed by atoms with Crippen molar-refractivity contribution < 1.29 is 10.2 Å². The fraction of sp³-hybridized carbons (Fsp3) is 0.654. The number of aromatic nitrogens is 2. The summed E-state index contributed by atoms with van der Waals surface area (Å²) in [7, 11) is 0. The van der Waals surface area contributed by atoms with Crippen LogP contribution in [0.3, 0.4) is 0 Å². The van der Waals surface area contributed by atoms with Gasteiger partial charge in [0.15, 0.2) is 0 Å². The van der Waals surface area contributed by atoms with E-state index >= 15 is 0 Å². The third kappa shape index (κ3) is 2.59. The third-order valence-electron chi connectivity index (χ3n) is 9.32. The number of likely N-dealkylation sites (tertiary alicyclic amines) is 1. The Kier molecular flexibility index (Phi) is 3.70. The van der Waals surface area contributed by atoms with Crippen molar-refractivity contribution in [3.05, 3.63) is 46.3 Å². The van der Waals surface area contributed by atoms with E-state index in [9.17, 15) is 10.2 Å². The molecule has 31 heavy (non-hydrogen) atoms. The second kappa shape index (κ2) is 6.14. The van der Waals surface area contributed by atoms with Crippen LogP contribution in [0.5, 0.6) is 5.75 Å². The maximum Gasteiger partial charge on any atom is 0.115 e. The maximum atomic E-state index is 12.6. The minimum Gasteiger partial charge on any atom is -0.508 e. The van der Waals surface area contributed by atoms with Gasteiger partial charge < -0.3 is 10.2 Å². The summed E-state index contributed by atoms with van der Waals surface area (Å²) in [6, 6.07) is 6.03. The Labute approximate surface area is 184 Å². The molecular formula is C26H33N3O2. The molecule has 1 aromatic carbocycles. The zero-order chi connectivity index (χ0) is 21.0. The number of hydrogen-bond donors (Lipinski definition) is 2. The smallest absolute Gasteiger partial charge is 0.115 e. The minimum atomic E-state index is -0.799. The van der Waals surface area contributed by atoms with Crippen LogP contribution in [0.25, 0.3) is 0 Å². The quantitative estimate of drug-likeness (QED) is 0.799. The van der Waals surface area contributed by atoms with E-state index in [0.717, 1.165) is 50.7 Å². The van der Waals surface area contributed by atoms with Crippen molar-refractivity contribution in [2.45, 2.75) is 81.9 Å². The monoisotopic (exact) mass is 419 g/mol. The molecule has 5 heteroatoms. The second-order valence-electron chi connectivity index (χ2n) is 11.2. The predicted molar refractivity (Wildman–Crippen MR) is 118 cm³/mol. The lowest BCUT2D eigenvalue weighted by Gasteiger charge is -2.63. The maximum absolute atomic E-state index is 12.6. The molecule has 4 aliphatic carbocycles. The summed E-state index contributed by atoms with van der Waals surface area (Å²) in [5.74, 6) is 1.92. The highest BCUT2D eigenvalue weighted by atomic mass is 16.3. The molecule has 0 unspecified atom stereocenters. The first-order chi connectivity index (χ1) is 15.0. The molecule has 0 spiro atoms. The highest BCUT2D eigenvalue weighted by molar-refractivity contribution is 5.52. The average Bonchev–Trinajstić information content (AvgIpc) is 3.66. The van der Waals surface area contributed by atoms with Gasteiger partial charge in [-0.3, -0.25) is 9.58 Å². The number of aromatic hydroxyl groups is 1. The van der Waals surface area contributed by atoms with E-state index in [2.05, 4.69) is 22.6 Å². The molecule has 164 valence electrons. The van der Waals surface area contributed by atoms with Crippen LogP contribution in [0.2, 0.25) is 0 Å². The van der Waals surface area contributed by atoms with Crippen molar-refractivity contribution in [2.24, 2.45) is 11.8 Å². The highest BCUT2D eigenvalue weighted by Gasteiger charge is 2.65. The summed E-state index contributed by atoms with van der Waals surface area (Å²) in [6.07, 6.45) is 8.64. The Balaban J connectivity index is 1.38. The Hall–Kier alpha value is -1.85. The van der Waals surface area contributed by atoms with Gasteiger partial charge in [0.25, 0.3) is 0 Å². The van der Waals surface area contributed by atoms with Crippen molar-refractivity contribution >= 4 is 0 Å². The summed E-state index contributed by atoms with van der Waals surface area (Å²) < 4.78 is 2.23. The molecule has 3 atom stereocenters. The van der Waals surface area contributed by atoms with E-state index in [1.807, 2.05) is 12.1 Å². The topological polar surface area (TPSA) is 61.5 Å². The van der Waals surface area contributed by atoms with Gasteiger partial charge in [-0.15, -0.1) is 0 Å². The molecule has 7 rings (SSSR count). The molecule has 2 aromatic rings. The molecule has 0 radical (unpaired) electrons. The number of hydrogen-bond acceptors (Lipinski definition) is 4. The highest BCUT2D eigenvalue weighted by Crippen LogP contribution is 2.58. The molecular weight excluding hydrogens is 386 g/mol. The van der Waals surface area contributed by atoms with Crippen molar-refractivity contribution in [1.82, 2.24) is 14.7 Å². The van der Waals surface area contributed by atoms with Gasteiger partial charge in [0, 0.05) is 43.1 Å². The number of fused-ring (bicyclic) bond motifs is 2. The Morgan fingerprint density at radius 1 is 1.10 bits per heavy atom. The summed E-state index contributed by atoms with van der Waals surface area (Å²) in [5, 5.41) is 28.1. The Morgan fingerprint density at radius 3 is 2.65 bits per heavy atom. The van der Waals surface area contributed by atoms with Crippen LogP contribution in [-0.2, 0) is 31.2 Å². The van der Waals surface area contributed by atoms with E-state index < -0.39 is 5.60 Å². The van der Waals surface area contributed by atoms with Crippen molar-refractivity contribution in [2.75, 3.05) is 13.1 Å². The van der Waals surface area contributed by atoms with Crippen LogP contribution in [-0.4, -0.2) is 49.6 Å². The molecule has 2 saturated carbocycles. The van der Waals surface area contributed by atoms with Gasteiger partial charge in [-0.2, -0.15) is 5.10 Å². The number of rotatable bonds is 4. The van der Waals surface area contributed by atoms with Crippen LogP contribution in [0.4, 0.5) is 0 Å². The largest absolute Gasteiger partial charge is 0.508 e. The number of nitrogens with zero attached hydrogens (tertiary/aromatic N) is 3. The van der Waals surface area contributed by atoms with Gasteiger partial charge in [-0.05, 0) is 92.7 Å². The first kappa shape index (κ1) is 18.7. The summed E-state index contributed by atoms with van der Waals surface area (Å²) >= 11 is 0. The molecule has 1 saturated heterocycles. The van der Waals surface area contributed by atoms with E-state index in [1.54, 1.807) is 0 Å². The van der Waals surface area contributed by atoms with Crippen LogP contribution in [0, 0.1) is 18.8 Å². The number of aliphatic hydroxyl groups is 1.